The number of nitrogens with one attached hydrogen (secondary N) is 2. The summed E-state index contributed by atoms with van der Waals surface area (Å²) in [6.45, 7) is 2.21. The molecule has 0 heterocycles. The van der Waals surface area contributed by atoms with Gasteiger partial charge in [0.25, 0.3) is 5.91 Å². The first-order valence-corrected chi connectivity index (χ1v) is 11.4. The van der Waals surface area contributed by atoms with Crippen molar-refractivity contribution >= 4 is 50.8 Å². The van der Waals surface area contributed by atoms with Gasteiger partial charge in [-0.2, -0.15) is 4.72 Å². The molecule has 32 heavy (non-hydrogen) atoms. The molecule has 0 bridgehead atoms. The first-order chi connectivity index (χ1) is 14.9. The third-order valence-electron chi connectivity index (χ3n) is 4.24. The number of halogens is 2. The molecule has 3 N–H and O–H groups in total. The van der Waals surface area contributed by atoms with Crippen LogP contribution < -0.4 is 14.8 Å². The zero-order valence-electron chi connectivity index (χ0n) is 17.4. The van der Waals surface area contributed by atoms with E-state index in [0.29, 0.717) is 27.0 Å². The first-order valence-electron chi connectivity index (χ1n) is 9.21. The van der Waals surface area contributed by atoms with Crippen LogP contribution in [0.15, 0.2) is 41.3 Å². The molecule has 2 aromatic rings. The van der Waals surface area contributed by atoms with E-state index in [1.54, 1.807) is 13.0 Å². The maximum absolute atomic E-state index is 12.5. The monoisotopic (exact) mass is 504 g/mol. The van der Waals surface area contributed by atoms with Crippen LogP contribution in [0.4, 0.5) is 5.69 Å². The van der Waals surface area contributed by atoms with E-state index in [0.717, 1.165) is 0 Å². The third kappa shape index (κ3) is 6.81. The van der Waals surface area contributed by atoms with E-state index in [4.69, 9.17) is 32.7 Å². The fourth-order valence-electron chi connectivity index (χ4n) is 2.54. The van der Waals surface area contributed by atoms with Crippen molar-refractivity contribution in [2.75, 3.05) is 19.0 Å². The predicted molar refractivity (Wildman–Crippen MR) is 120 cm³/mol. The number of sulfonamides is 1. The zero-order chi connectivity index (χ0) is 24.1. The molecule has 0 spiro atoms. The van der Waals surface area contributed by atoms with Crippen LogP contribution in [0.5, 0.6) is 5.75 Å². The van der Waals surface area contributed by atoms with E-state index in [2.05, 4.69) is 10.0 Å². The van der Waals surface area contributed by atoms with Crippen LogP contribution in [-0.2, 0) is 24.3 Å². The first kappa shape index (κ1) is 25.9. The van der Waals surface area contributed by atoms with Crippen molar-refractivity contribution in [1.29, 1.82) is 0 Å². The van der Waals surface area contributed by atoms with E-state index in [1.807, 2.05) is 0 Å². The molecule has 1 amide bonds. The van der Waals surface area contributed by atoms with Gasteiger partial charge < -0.3 is 19.9 Å². The quantitative estimate of drug-likeness (QED) is 0.447. The van der Waals surface area contributed by atoms with Crippen LogP contribution in [0.1, 0.15) is 12.5 Å². The molecule has 0 saturated carbocycles. The van der Waals surface area contributed by atoms with Gasteiger partial charge in [-0.1, -0.05) is 23.2 Å². The average Bonchev–Trinajstić information content (AvgIpc) is 2.73. The molecule has 0 saturated heterocycles. The number of carbonyl (C=O) groups is 2. The summed E-state index contributed by atoms with van der Waals surface area (Å²) in [5.74, 6) is -1.53. The lowest BCUT2D eigenvalue weighted by atomic mass is 10.2. The summed E-state index contributed by atoms with van der Waals surface area (Å²) in [7, 11) is -2.77. The van der Waals surface area contributed by atoms with Crippen molar-refractivity contribution in [3.05, 3.63) is 52.0 Å². The number of carbonyl (C=O) groups excluding carboxylic acids is 2. The fraction of sp³-hybridized carbons (Fsp3) is 0.300. The summed E-state index contributed by atoms with van der Waals surface area (Å²) in [4.78, 5) is 24.4. The Morgan fingerprint density at radius 3 is 2.34 bits per heavy atom. The van der Waals surface area contributed by atoms with Crippen LogP contribution >= 0.6 is 23.2 Å². The number of anilines is 1. The van der Waals surface area contributed by atoms with Gasteiger partial charge in [0.05, 0.1) is 23.8 Å². The summed E-state index contributed by atoms with van der Waals surface area (Å²) >= 11 is 11.8. The van der Waals surface area contributed by atoms with Crippen molar-refractivity contribution in [2.24, 2.45) is 0 Å². The standard InChI is InChI=1S/C20H22Cl2N2O7S/c1-11-8-16(17(30-3)9-15(11)22)23-18(26)10-31-20(27)19(12(2)25)24-32(28,29)14-6-4-13(21)5-7-14/h4-9,12,19,24-25H,10H2,1-3H3,(H,23,26)/t12-,19+/m0/s1. The molecule has 0 radical (unpaired) electrons. The molecule has 0 aliphatic rings. The molecule has 12 heteroatoms. The van der Waals surface area contributed by atoms with Crippen LogP contribution in [0.3, 0.4) is 0 Å². The smallest absolute Gasteiger partial charge is 0.327 e. The minimum Gasteiger partial charge on any atom is -0.495 e. The lowest BCUT2D eigenvalue weighted by Crippen LogP contribution is -2.48. The Balaban J connectivity index is 2.05. The molecule has 0 unspecified atom stereocenters. The van der Waals surface area contributed by atoms with Gasteiger partial charge in [-0.15, -0.1) is 0 Å². The lowest BCUT2D eigenvalue weighted by Gasteiger charge is -2.20. The maximum Gasteiger partial charge on any atom is 0.327 e. The van der Waals surface area contributed by atoms with E-state index >= 15 is 0 Å². The number of hydrogen-bond acceptors (Lipinski definition) is 7. The van der Waals surface area contributed by atoms with Crippen molar-refractivity contribution < 1.29 is 32.6 Å². The largest absolute Gasteiger partial charge is 0.495 e. The van der Waals surface area contributed by atoms with E-state index in [1.165, 1.54) is 44.4 Å². The Morgan fingerprint density at radius 2 is 1.78 bits per heavy atom. The maximum atomic E-state index is 12.5. The summed E-state index contributed by atoms with van der Waals surface area (Å²) in [5, 5.41) is 13.2. The molecule has 0 fully saturated rings. The summed E-state index contributed by atoms with van der Waals surface area (Å²) in [6.07, 6.45) is -1.44. The Labute approximate surface area is 195 Å². The van der Waals surface area contributed by atoms with E-state index in [-0.39, 0.29) is 4.90 Å². The number of aliphatic hydroxyl groups excluding tert-OH is 1. The predicted octanol–water partition coefficient (Wildman–Crippen LogP) is 2.52. The highest BCUT2D eigenvalue weighted by atomic mass is 35.5. The van der Waals surface area contributed by atoms with Gasteiger partial charge in [-0.05, 0) is 49.7 Å². The minimum atomic E-state index is -4.17. The number of hydrogen-bond donors (Lipinski definition) is 3. The Morgan fingerprint density at radius 1 is 1.16 bits per heavy atom. The van der Waals surface area contributed by atoms with Gasteiger partial charge in [0.1, 0.15) is 11.8 Å². The number of amides is 1. The summed E-state index contributed by atoms with van der Waals surface area (Å²) in [6, 6.07) is 6.67. The number of ether oxygens (including phenoxy) is 2. The van der Waals surface area contributed by atoms with Gasteiger partial charge in [0.2, 0.25) is 10.0 Å². The molecule has 2 aromatic carbocycles. The van der Waals surface area contributed by atoms with Gasteiger partial charge >= 0.3 is 5.97 Å². The second-order valence-electron chi connectivity index (χ2n) is 6.75. The zero-order valence-corrected chi connectivity index (χ0v) is 19.7. The van der Waals surface area contributed by atoms with Crippen molar-refractivity contribution in [2.45, 2.75) is 30.9 Å². The van der Waals surface area contributed by atoms with Crippen LogP contribution in [-0.4, -0.2) is 51.3 Å². The highest BCUT2D eigenvalue weighted by Crippen LogP contribution is 2.30. The molecule has 9 nitrogen and oxygen atoms in total. The number of esters is 1. The second kappa shape index (κ2) is 11.0. The lowest BCUT2D eigenvalue weighted by molar-refractivity contribution is -0.151. The number of methoxy groups -OCH3 is 1. The highest BCUT2D eigenvalue weighted by Gasteiger charge is 2.31. The highest BCUT2D eigenvalue weighted by molar-refractivity contribution is 7.89. The molecule has 2 rings (SSSR count). The molecule has 0 aliphatic carbocycles. The number of aliphatic hydroxyl groups is 1. The van der Waals surface area contributed by atoms with Gasteiger partial charge in [-0.25, -0.2) is 8.42 Å². The number of aryl methyl sites for hydroxylation is 1. The SMILES string of the molecule is COc1cc(Cl)c(C)cc1NC(=O)COC(=O)[C@H](NS(=O)(=O)c1ccc(Cl)cc1)[C@H](C)O. The van der Waals surface area contributed by atoms with Crippen LogP contribution in [0.2, 0.25) is 10.0 Å². The molecular formula is C20H22Cl2N2O7S. The average molecular weight is 505 g/mol. The Kier molecular flexibility index (Phi) is 8.88. The minimum absolute atomic E-state index is 0.164. The van der Waals surface area contributed by atoms with Crippen LogP contribution in [0.25, 0.3) is 0 Å². The van der Waals surface area contributed by atoms with Gasteiger partial charge in [0.15, 0.2) is 6.61 Å². The number of benzene rings is 2. The second-order valence-corrected chi connectivity index (χ2v) is 9.31. The van der Waals surface area contributed by atoms with E-state index in [9.17, 15) is 23.1 Å². The van der Waals surface area contributed by atoms with Gasteiger partial charge in [0, 0.05) is 16.1 Å². The number of rotatable bonds is 9. The van der Waals surface area contributed by atoms with Crippen molar-refractivity contribution in [1.82, 2.24) is 4.72 Å². The fourth-order valence-corrected chi connectivity index (χ4v) is 4.07. The third-order valence-corrected chi connectivity index (χ3v) is 6.36. The van der Waals surface area contributed by atoms with Crippen LogP contribution in [0, 0.1) is 6.92 Å². The molecular weight excluding hydrogens is 483 g/mol. The summed E-state index contributed by atoms with van der Waals surface area (Å²) in [5.41, 5.74) is 0.997. The topological polar surface area (TPSA) is 131 Å². The normalized spacial score (nSPS) is 13.2. The molecule has 2 atom stereocenters. The Bertz CT molecular complexity index is 1090. The molecule has 0 aliphatic heterocycles. The summed E-state index contributed by atoms with van der Waals surface area (Å²) < 4.78 is 37.1. The molecule has 0 aromatic heterocycles. The Hall–Kier alpha value is -2.37. The van der Waals surface area contributed by atoms with Crippen molar-refractivity contribution in [3.63, 3.8) is 0 Å². The molecule has 174 valence electrons. The van der Waals surface area contributed by atoms with Crippen molar-refractivity contribution in [3.8, 4) is 5.75 Å². The van der Waals surface area contributed by atoms with E-state index < -0.39 is 40.7 Å². The van der Waals surface area contributed by atoms with Gasteiger partial charge in [-0.3, -0.25) is 9.59 Å².